The molecule has 23 heavy (non-hydrogen) atoms. The summed E-state index contributed by atoms with van der Waals surface area (Å²) in [7, 11) is 0. The van der Waals surface area contributed by atoms with Gasteiger partial charge in [-0.3, -0.25) is 9.69 Å². The topological polar surface area (TPSA) is 52.6 Å². The number of aryl methyl sites for hydroxylation is 1. The van der Waals surface area contributed by atoms with Crippen LogP contribution < -0.4 is 5.32 Å². The zero-order valence-electron chi connectivity index (χ0n) is 13.3. The van der Waals surface area contributed by atoms with Crippen molar-refractivity contribution >= 4 is 11.6 Å². The average molecular weight is 310 g/mol. The van der Waals surface area contributed by atoms with E-state index >= 15 is 0 Å². The Kier molecular flexibility index (Phi) is 4.63. The van der Waals surface area contributed by atoms with Crippen LogP contribution in [0.3, 0.4) is 0 Å². The van der Waals surface area contributed by atoms with Crippen molar-refractivity contribution in [2.75, 3.05) is 11.9 Å². The lowest BCUT2D eigenvalue weighted by atomic mass is 10.1. The summed E-state index contributed by atoms with van der Waals surface area (Å²) in [6.45, 7) is 3.63. The minimum absolute atomic E-state index is 0.0345. The van der Waals surface area contributed by atoms with Gasteiger partial charge in [-0.1, -0.05) is 30.3 Å². The van der Waals surface area contributed by atoms with Gasteiger partial charge in [0, 0.05) is 12.2 Å². The van der Waals surface area contributed by atoms with Crippen LogP contribution in [0.2, 0.25) is 0 Å². The molecule has 1 unspecified atom stereocenters. The fourth-order valence-electron chi connectivity index (χ4n) is 3.13. The molecule has 1 fully saturated rings. The predicted molar refractivity (Wildman–Crippen MR) is 91.3 cm³/mol. The second kappa shape index (κ2) is 6.84. The van der Waals surface area contributed by atoms with Gasteiger partial charge in [0.05, 0.1) is 6.04 Å². The first kappa shape index (κ1) is 15.6. The molecule has 2 aromatic carbocycles. The van der Waals surface area contributed by atoms with Crippen LogP contribution in [0.15, 0.2) is 48.5 Å². The number of hydrogen-bond acceptors (Lipinski definition) is 3. The lowest BCUT2D eigenvalue weighted by Gasteiger charge is -2.24. The second-order valence-electron chi connectivity index (χ2n) is 6.10. The lowest BCUT2D eigenvalue weighted by molar-refractivity contribution is -0.120. The second-order valence-corrected chi connectivity index (χ2v) is 6.10. The van der Waals surface area contributed by atoms with Gasteiger partial charge < -0.3 is 10.4 Å². The Morgan fingerprint density at radius 2 is 2.04 bits per heavy atom. The van der Waals surface area contributed by atoms with Gasteiger partial charge >= 0.3 is 0 Å². The van der Waals surface area contributed by atoms with Crippen molar-refractivity contribution in [3.63, 3.8) is 0 Å². The van der Waals surface area contributed by atoms with Gasteiger partial charge in [-0.2, -0.15) is 0 Å². The molecule has 3 rings (SSSR count). The number of phenols is 1. The first-order valence-corrected chi connectivity index (χ1v) is 8.02. The number of hydrogen-bond donors (Lipinski definition) is 2. The normalized spacial score (nSPS) is 18.0. The molecule has 0 saturated carbocycles. The minimum Gasteiger partial charge on any atom is -0.508 e. The molecule has 1 aliphatic heterocycles. The number of amides is 1. The van der Waals surface area contributed by atoms with Crippen molar-refractivity contribution in [3.8, 4) is 5.75 Å². The van der Waals surface area contributed by atoms with Gasteiger partial charge in [-0.25, -0.2) is 0 Å². The molecule has 0 bridgehead atoms. The fourth-order valence-corrected chi connectivity index (χ4v) is 3.13. The molecule has 1 atom stereocenters. The van der Waals surface area contributed by atoms with E-state index in [1.165, 1.54) is 5.56 Å². The summed E-state index contributed by atoms with van der Waals surface area (Å²) in [5.74, 6) is 0.249. The van der Waals surface area contributed by atoms with E-state index < -0.39 is 0 Å². The van der Waals surface area contributed by atoms with Crippen LogP contribution in [0, 0.1) is 6.92 Å². The first-order valence-electron chi connectivity index (χ1n) is 8.02. The number of carbonyl (C=O) groups is 1. The zero-order valence-corrected chi connectivity index (χ0v) is 13.3. The van der Waals surface area contributed by atoms with Gasteiger partial charge in [0.25, 0.3) is 0 Å². The molecule has 2 aromatic rings. The average Bonchev–Trinajstić information content (AvgIpc) is 2.99. The van der Waals surface area contributed by atoms with Gasteiger partial charge in [0.15, 0.2) is 0 Å². The Balaban J connectivity index is 1.68. The third-order valence-corrected chi connectivity index (χ3v) is 4.36. The SMILES string of the molecule is Cc1cc(O)ccc1NC(=O)C1CCCN1Cc1ccccc1. The highest BCUT2D eigenvalue weighted by molar-refractivity contribution is 5.95. The predicted octanol–water partition coefficient (Wildman–Crippen LogP) is 3.30. The lowest BCUT2D eigenvalue weighted by Crippen LogP contribution is -2.39. The smallest absolute Gasteiger partial charge is 0.241 e. The number of likely N-dealkylation sites (tertiary alicyclic amines) is 1. The molecule has 1 amide bonds. The highest BCUT2D eigenvalue weighted by atomic mass is 16.3. The number of phenolic OH excluding ortho intramolecular Hbond substituents is 1. The fraction of sp³-hybridized carbons (Fsp3) is 0.316. The molecular weight excluding hydrogens is 288 g/mol. The van der Waals surface area contributed by atoms with E-state index in [2.05, 4.69) is 22.3 Å². The van der Waals surface area contributed by atoms with Crippen LogP contribution in [-0.2, 0) is 11.3 Å². The first-order chi connectivity index (χ1) is 11.1. The molecule has 1 aliphatic rings. The summed E-state index contributed by atoms with van der Waals surface area (Å²) in [6.07, 6.45) is 1.93. The van der Waals surface area contributed by atoms with Crippen molar-refractivity contribution in [2.45, 2.75) is 32.4 Å². The Morgan fingerprint density at radius 1 is 1.26 bits per heavy atom. The van der Waals surface area contributed by atoms with Crippen LogP contribution in [0.5, 0.6) is 5.75 Å². The van der Waals surface area contributed by atoms with Crippen LogP contribution in [-0.4, -0.2) is 28.5 Å². The summed E-state index contributed by atoms with van der Waals surface area (Å²) in [4.78, 5) is 14.9. The van der Waals surface area contributed by atoms with Crippen LogP contribution in [0.4, 0.5) is 5.69 Å². The van der Waals surface area contributed by atoms with E-state index in [1.54, 1.807) is 18.2 Å². The maximum atomic E-state index is 12.6. The monoisotopic (exact) mass is 310 g/mol. The minimum atomic E-state index is -0.0941. The summed E-state index contributed by atoms with van der Waals surface area (Å²) in [5.41, 5.74) is 2.86. The Hall–Kier alpha value is -2.33. The van der Waals surface area contributed by atoms with E-state index in [0.29, 0.717) is 0 Å². The number of benzene rings is 2. The number of nitrogens with one attached hydrogen (secondary N) is 1. The van der Waals surface area contributed by atoms with Crippen molar-refractivity contribution in [2.24, 2.45) is 0 Å². The molecule has 2 N–H and O–H groups in total. The van der Waals surface area contributed by atoms with E-state index in [0.717, 1.165) is 37.2 Å². The van der Waals surface area contributed by atoms with Gasteiger partial charge in [0.2, 0.25) is 5.91 Å². The van der Waals surface area contributed by atoms with Crippen molar-refractivity contribution in [1.29, 1.82) is 0 Å². The van der Waals surface area contributed by atoms with Gasteiger partial charge in [-0.15, -0.1) is 0 Å². The number of nitrogens with zero attached hydrogens (tertiary/aromatic N) is 1. The van der Waals surface area contributed by atoms with Crippen LogP contribution >= 0.6 is 0 Å². The largest absolute Gasteiger partial charge is 0.508 e. The maximum Gasteiger partial charge on any atom is 0.241 e. The molecule has 0 spiro atoms. The van der Waals surface area contributed by atoms with E-state index in [9.17, 15) is 9.90 Å². The number of aromatic hydroxyl groups is 1. The summed E-state index contributed by atoms with van der Waals surface area (Å²) in [6, 6.07) is 15.2. The summed E-state index contributed by atoms with van der Waals surface area (Å²) in [5, 5.41) is 12.5. The molecule has 0 radical (unpaired) electrons. The van der Waals surface area contributed by atoms with Crippen molar-refractivity contribution < 1.29 is 9.90 Å². The number of carbonyl (C=O) groups excluding carboxylic acids is 1. The van der Waals surface area contributed by atoms with Crippen molar-refractivity contribution in [3.05, 3.63) is 59.7 Å². The Bertz CT molecular complexity index is 685. The van der Waals surface area contributed by atoms with Crippen molar-refractivity contribution in [1.82, 2.24) is 4.90 Å². The molecule has 4 nitrogen and oxygen atoms in total. The zero-order chi connectivity index (χ0) is 16.2. The van der Waals surface area contributed by atoms with Crippen LogP contribution in [0.1, 0.15) is 24.0 Å². The van der Waals surface area contributed by atoms with Gasteiger partial charge in [0.1, 0.15) is 5.75 Å². The molecule has 0 aliphatic carbocycles. The molecular formula is C19H22N2O2. The summed E-state index contributed by atoms with van der Waals surface area (Å²) >= 11 is 0. The quantitative estimate of drug-likeness (QED) is 0.852. The number of anilines is 1. The van der Waals surface area contributed by atoms with E-state index in [1.807, 2.05) is 25.1 Å². The third kappa shape index (κ3) is 3.71. The Morgan fingerprint density at radius 3 is 2.78 bits per heavy atom. The standard InChI is InChI=1S/C19H22N2O2/c1-14-12-16(22)9-10-17(14)20-19(23)18-8-5-11-21(18)13-15-6-3-2-4-7-15/h2-4,6-7,9-10,12,18,22H,5,8,11,13H2,1H3,(H,20,23). The molecule has 1 heterocycles. The molecule has 120 valence electrons. The van der Waals surface area contributed by atoms with Gasteiger partial charge in [-0.05, 0) is 55.6 Å². The summed E-state index contributed by atoms with van der Waals surface area (Å²) < 4.78 is 0. The molecule has 1 saturated heterocycles. The van der Waals surface area contributed by atoms with Crippen LogP contribution in [0.25, 0.3) is 0 Å². The number of rotatable bonds is 4. The highest BCUT2D eigenvalue weighted by Gasteiger charge is 2.30. The third-order valence-electron chi connectivity index (χ3n) is 4.36. The molecule has 0 aromatic heterocycles. The Labute approximate surface area is 136 Å². The maximum absolute atomic E-state index is 12.6. The molecule has 4 heteroatoms. The highest BCUT2D eigenvalue weighted by Crippen LogP contribution is 2.24. The van der Waals surface area contributed by atoms with E-state index in [-0.39, 0.29) is 17.7 Å². The van der Waals surface area contributed by atoms with E-state index in [4.69, 9.17) is 0 Å².